The molecule has 1 aromatic heterocycles. The Morgan fingerprint density at radius 1 is 1.38 bits per heavy atom. The summed E-state index contributed by atoms with van der Waals surface area (Å²) < 4.78 is 5.21. The average molecular weight is 345 g/mol. The van der Waals surface area contributed by atoms with Gasteiger partial charge in [-0.1, -0.05) is 6.92 Å². The summed E-state index contributed by atoms with van der Waals surface area (Å²) in [6.07, 6.45) is 3.06. The maximum atomic E-state index is 12.6. The number of anilines is 1. The first-order chi connectivity index (χ1) is 11.5. The molecule has 24 heavy (non-hydrogen) atoms. The van der Waals surface area contributed by atoms with Gasteiger partial charge in [0.2, 0.25) is 0 Å². The smallest absolute Gasteiger partial charge is 0.335 e. The molecule has 126 valence electrons. The maximum Gasteiger partial charge on any atom is 0.335 e. The number of carboxylic acids is 1. The van der Waals surface area contributed by atoms with Crippen molar-refractivity contribution in [3.63, 3.8) is 0 Å². The number of ether oxygens (including phenoxy) is 1. The van der Waals surface area contributed by atoms with Gasteiger partial charge in [-0.05, 0) is 48.9 Å². The Bertz CT molecular complexity index is 796. The molecule has 1 heterocycles. The number of thiophene rings is 1. The molecule has 3 rings (SSSR count). The summed E-state index contributed by atoms with van der Waals surface area (Å²) in [7, 11) is 1.45. The Morgan fingerprint density at radius 2 is 2.17 bits per heavy atom. The molecule has 5 nitrogen and oxygen atoms in total. The fraction of sp³-hybridized carbons (Fsp3) is 0.333. The molecule has 0 spiro atoms. The highest BCUT2D eigenvalue weighted by molar-refractivity contribution is 7.10. The van der Waals surface area contributed by atoms with E-state index < -0.39 is 5.97 Å². The minimum Gasteiger partial charge on any atom is -0.495 e. The number of hydrogen-bond acceptors (Lipinski definition) is 4. The minimum absolute atomic E-state index is 0.117. The predicted molar refractivity (Wildman–Crippen MR) is 93.4 cm³/mol. The molecular formula is C18H19NO4S. The summed E-state index contributed by atoms with van der Waals surface area (Å²) in [6.45, 7) is 2.23. The number of benzene rings is 1. The first-order valence-corrected chi connectivity index (χ1v) is 8.69. The molecule has 0 saturated carbocycles. The van der Waals surface area contributed by atoms with Gasteiger partial charge in [-0.15, -0.1) is 11.3 Å². The lowest BCUT2D eigenvalue weighted by molar-refractivity contribution is 0.0696. The van der Waals surface area contributed by atoms with E-state index in [0.717, 1.165) is 24.8 Å². The van der Waals surface area contributed by atoms with Crippen molar-refractivity contribution < 1.29 is 19.4 Å². The molecule has 1 unspecified atom stereocenters. The third-order valence-electron chi connectivity index (χ3n) is 4.34. The lowest BCUT2D eigenvalue weighted by atomic mass is 9.88. The van der Waals surface area contributed by atoms with Crippen LogP contribution >= 0.6 is 11.3 Å². The van der Waals surface area contributed by atoms with Crippen LogP contribution in [0.1, 0.15) is 44.5 Å². The number of carbonyl (C=O) groups excluding carboxylic acids is 1. The molecule has 6 heteroatoms. The van der Waals surface area contributed by atoms with Crippen LogP contribution in [0.4, 0.5) is 5.69 Å². The van der Waals surface area contributed by atoms with E-state index in [4.69, 9.17) is 9.84 Å². The fourth-order valence-corrected chi connectivity index (χ4v) is 4.23. The van der Waals surface area contributed by atoms with Gasteiger partial charge >= 0.3 is 5.97 Å². The van der Waals surface area contributed by atoms with Gasteiger partial charge in [0, 0.05) is 10.3 Å². The lowest BCUT2D eigenvalue weighted by Gasteiger charge is -2.19. The third kappa shape index (κ3) is 3.14. The zero-order chi connectivity index (χ0) is 17.3. The number of rotatable bonds is 4. The zero-order valence-corrected chi connectivity index (χ0v) is 14.4. The van der Waals surface area contributed by atoms with E-state index in [1.165, 1.54) is 24.1 Å². The van der Waals surface area contributed by atoms with Crippen molar-refractivity contribution >= 4 is 28.9 Å². The second kappa shape index (κ2) is 6.65. The minimum atomic E-state index is -1.03. The summed E-state index contributed by atoms with van der Waals surface area (Å²) >= 11 is 1.64. The molecule has 0 radical (unpaired) electrons. The number of methoxy groups -OCH3 is 1. The fourth-order valence-electron chi connectivity index (χ4n) is 2.98. The van der Waals surface area contributed by atoms with Gasteiger partial charge in [0.25, 0.3) is 5.91 Å². The zero-order valence-electron chi connectivity index (χ0n) is 13.6. The molecule has 2 aromatic rings. The highest BCUT2D eigenvalue weighted by atomic mass is 32.1. The van der Waals surface area contributed by atoms with Gasteiger partial charge in [-0.3, -0.25) is 4.79 Å². The molecule has 0 fully saturated rings. The molecular weight excluding hydrogens is 326 g/mol. The number of carbonyl (C=O) groups is 2. The maximum absolute atomic E-state index is 12.6. The highest BCUT2D eigenvalue weighted by Crippen LogP contribution is 2.34. The van der Waals surface area contributed by atoms with Crippen molar-refractivity contribution in [3.8, 4) is 5.75 Å². The van der Waals surface area contributed by atoms with E-state index in [1.54, 1.807) is 17.4 Å². The highest BCUT2D eigenvalue weighted by Gasteiger charge is 2.23. The molecule has 1 amide bonds. The number of hydrogen-bond donors (Lipinski definition) is 2. The lowest BCUT2D eigenvalue weighted by Crippen LogP contribution is -2.17. The largest absolute Gasteiger partial charge is 0.495 e. The van der Waals surface area contributed by atoms with Crippen molar-refractivity contribution in [2.45, 2.75) is 26.2 Å². The topological polar surface area (TPSA) is 75.6 Å². The van der Waals surface area contributed by atoms with Crippen LogP contribution in [0.15, 0.2) is 23.6 Å². The normalized spacial score (nSPS) is 16.3. The number of aromatic carboxylic acids is 1. The monoisotopic (exact) mass is 345 g/mol. The second-order valence-electron chi connectivity index (χ2n) is 6.07. The van der Waals surface area contributed by atoms with Crippen molar-refractivity contribution in [1.29, 1.82) is 0 Å². The predicted octanol–water partition coefficient (Wildman–Crippen LogP) is 3.83. The van der Waals surface area contributed by atoms with Crippen LogP contribution in [-0.2, 0) is 12.8 Å². The van der Waals surface area contributed by atoms with Crippen molar-refractivity contribution in [2.24, 2.45) is 5.92 Å². The summed E-state index contributed by atoms with van der Waals surface area (Å²) in [5, 5.41) is 13.8. The number of nitrogens with one attached hydrogen (secondary N) is 1. The van der Waals surface area contributed by atoms with Crippen LogP contribution in [0, 0.1) is 5.92 Å². The van der Waals surface area contributed by atoms with Crippen LogP contribution < -0.4 is 10.1 Å². The summed E-state index contributed by atoms with van der Waals surface area (Å²) in [4.78, 5) is 25.0. The number of carboxylic acid groups (broad SMARTS) is 1. The molecule has 1 aliphatic rings. The van der Waals surface area contributed by atoms with Crippen molar-refractivity contribution in [1.82, 2.24) is 0 Å². The first-order valence-electron chi connectivity index (χ1n) is 7.81. The van der Waals surface area contributed by atoms with Crippen molar-refractivity contribution in [3.05, 3.63) is 45.1 Å². The number of fused-ring (bicyclic) bond motifs is 1. The standard InChI is InChI=1S/C18H19NO4S/c1-10-3-5-12-13(9-24-16(12)7-10)17(20)19-14-6-4-11(18(21)22)8-15(14)23-2/h4,6,8-10H,3,5,7H2,1-2H3,(H,19,20)(H,21,22). The van der Waals surface area contributed by atoms with Crippen LogP contribution in [0.5, 0.6) is 5.75 Å². The van der Waals surface area contributed by atoms with Gasteiger partial charge in [-0.25, -0.2) is 4.79 Å². The van der Waals surface area contributed by atoms with E-state index >= 15 is 0 Å². The Labute approximate surface area is 144 Å². The van der Waals surface area contributed by atoms with Gasteiger partial charge in [0.05, 0.1) is 23.9 Å². The quantitative estimate of drug-likeness (QED) is 0.883. The molecule has 0 aliphatic heterocycles. The Kier molecular flexibility index (Phi) is 4.57. The summed E-state index contributed by atoms with van der Waals surface area (Å²) in [5.41, 5.74) is 2.45. The Hall–Kier alpha value is -2.34. The number of amides is 1. The van der Waals surface area contributed by atoms with Crippen molar-refractivity contribution in [2.75, 3.05) is 12.4 Å². The summed E-state index contributed by atoms with van der Waals surface area (Å²) in [5.74, 6) is -0.215. The van der Waals surface area contributed by atoms with Gasteiger partial charge in [-0.2, -0.15) is 0 Å². The molecule has 1 atom stereocenters. The van der Waals surface area contributed by atoms with E-state index in [9.17, 15) is 9.59 Å². The Balaban J connectivity index is 1.84. The van der Waals surface area contributed by atoms with Crippen LogP contribution in [0.2, 0.25) is 0 Å². The molecule has 0 saturated heterocycles. The Morgan fingerprint density at radius 3 is 2.88 bits per heavy atom. The van der Waals surface area contributed by atoms with E-state index in [2.05, 4.69) is 12.2 Å². The van der Waals surface area contributed by atoms with Crippen LogP contribution in [0.3, 0.4) is 0 Å². The third-order valence-corrected chi connectivity index (χ3v) is 5.39. The first kappa shape index (κ1) is 16.5. The van der Waals surface area contributed by atoms with E-state index in [1.807, 2.05) is 5.38 Å². The molecule has 2 N–H and O–H groups in total. The van der Waals surface area contributed by atoms with Gasteiger partial charge in [0.15, 0.2) is 0 Å². The molecule has 1 aliphatic carbocycles. The second-order valence-corrected chi connectivity index (χ2v) is 7.04. The summed E-state index contributed by atoms with van der Waals surface area (Å²) in [6, 6.07) is 4.41. The molecule has 1 aromatic carbocycles. The van der Waals surface area contributed by atoms with E-state index in [0.29, 0.717) is 22.9 Å². The van der Waals surface area contributed by atoms with Gasteiger partial charge in [0.1, 0.15) is 5.75 Å². The average Bonchev–Trinajstić information content (AvgIpc) is 2.97. The van der Waals surface area contributed by atoms with E-state index in [-0.39, 0.29) is 11.5 Å². The van der Waals surface area contributed by atoms with Crippen LogP contribution in [-0.4, -0.2) is 24.1 Å². The molecule has 0 bridgehead atoms. The van der Waals surface area contributed by atoms with Gasteiger partial charge < -0.3 is 15.2 Å². The SMILES string of the molecule is COc1cc(C(=O)O)ccc1NC(=O)c1csc2c1CCC(C)C2. The van der Waals surface area contributed by atoms with Crippen LogP contribution in [0.25, 0.3) is 0 Å².